The van der Waals surface area contributed by atoms with Gasteiger partial charge < -0.3 is 9.47 Å². The lowest BCUT2D eigenvalue weighted by molar-refractivity contribution is 0.0635. The van der Waals surface area contributed by atoms with Crippen LogP contribution in [0.25, 0.3) is 0 Å². The summed E-state index contributed by atoms with van der Waals surface area (Å²) in [7, 11) is 1.39. The molecule has 0 aromatic carbocycles. The molecule has 0 unspecified atom stereocenters. The van der Waals surface area contributed by atoms with Gasteiger partial charge in [-0.3, -0.25) is 15.1 Å². The smallest absolute Gasteiger partial charge is 0.412 e. The monoisotopic (exact) mass is 240 g/mol. The zero-order chi connectivity index (χ0) is 13.1. The Morgan fingerprint density at radius 2 is 2.00 bits per heavy atom. The predicted molar refractivity (Wildman–Crippen MR) is 63.5 cm³/mol. The van der Waals surface area contributed by atoms with Crippen LogP contribution in [0.4, 0.5) is 10.5 Å². The maximum absolute atomic E-state index is 11.5. The van der Waals surface area contributed by atoms with Crippen molar-refractivity contribution in [1.82, 2.24) is 4.98 Å². The minimum absolute atomic E-state index is 0.184. The van der Waals surface area contributed by atoms with Gasteiger partial charge in [0, 0.05) is 6.07 Å². The van der Waals surface area contributed by atoms with E-state index in [1.165, 1.54) is 19.2 Å². The Hall–Kier alpha value is -1.98. The van der Waals surface area contributed by atoms with E-state index in [1.807, 2.05) is 0 Å². The number of nitrogens with one attached hydrogen (secondary N) is 2. The summed E-state index contributed by atoms with van der Waals surface area (Å²) in [6.45, 7) is 5.28. The van der Waals surface area contributed by atoms with Crippen molar-refractivity contribution in [2.75, 3.05) is 12.4 Å². The number of H-pyrrole nitrogens is 1. The Labute approximate surface area is 98.9 Å². The molecule has 0 saturated carbocycles. The van der Waals surface area contributed by atoms with Crippen LogP contribution in [0, 0.1) is 0 Å². The number of rotatable bonds is 2. The topological polar surface area (TPSA) is 80.4 Å². The van der Waals surface area contributed by atoms with E-state index in [1.54, 1.807) is 20.8 Å². The molecular weight excluding hydrogens is 224 g/mol. The summed E-state index contributed by atoms with van der Waals surface area (Å²) in [6, 6.07) is 2.73. The second-order valence-electron chi connectivity index (χ2n) is 4.40. The van der Waals surface area contributed by atoms with Crippen LogP contribution in [0.3, 0.4) is 0 Å². The molecule has 1 aromatic heterocycles. The molecule has 0 atom stereocenters. The zero-order valence-corrected chi connectivity index (χ0v) is 10.3. The highest BCUT2D eigenvalue weighted by Gasteiger charge is 2.17. The maximum Gasteiger partial charge on any atom is 0.412 e. The molecule has 0 aliphatic carbocycles. The van der Waals surface area contributed by atoms with E-state index >= 15 is 0 Å². The van der Waals surface area contributed by atoms with Crippen LogP contribution < -0.4 is 15.6 Å². The number of ether oxygens (including phenoxy) is 2. The number of carbonyl (C=O) groups excluding carboxylic acids is 1. The first kappa shape index (κ1) is 13.1. The van der Waals surface area contributed by atoms with Gasteiger partial charge in [0.2, 0.25) is 5.88 Å². The average Bonchev–Trinajstić information content (AvgIpc) is 2.17. The summed E-state index contributed by atoms with van der Waals surface area (Å²) < 4.78 is 10.0. The van der Waals surface area contributed by atoms with Crippen LogP contribution in [0.5, 0.6) is 5.88 Å². The molecule has 0 saturated heterocycles. The van der Waals surface area contributed by atoms with Crippen molar-refractivity contribution in [2.24, 2.45) is 0 Å². The van der Waals surface area contributed by atoms with Crippen molar-refractivity contribution < 1.29 is 14.3 Å². The minimum Gasteiger partial charge on any atom is -0.481 e. The van der Waals surface area contributed by atoms with E-state index in [-0.39, 0.29) is 11.4 Å². The third-order valence-electron chi connectivity index (χ3n) is 1.72. The number of aromatic amines is 1. The van der Waals surface area contributed by atoms with Gasteiger partial charge in [0.1, 0.15) is 11.3 Å². The quantitative estimate of drug-likeness (QED) is 0.825. The molecule has 94 valence electrons. The van der Waals surface area contributed by atoms with Crippen LogP contribution >= 0.6 is 0 Å². The summed E-state index contributed by atoms with van der Waals surface area (Å²) in [5, 5.41) is 2.49. The first-order valence-electron chi connectivity index (χ1n) is 5.09. The number of amides is 1. The van der Waals surface area contributed by atoms with Crippen molar-refractivity contribution in [3.8, 4) is 5.88 Å². The lowest BCUT2D eigenvalue weighted by atomic mass is 10.2. The zero-order valence-electron chi connectivity index (χ0n) is 10.3. The lowest BCUT2D eigenvalue weighted by Gasteiger charge is -2.20. The minimum atomic E-state index is -0.608. The molecule has 0 fully saturated rings. The highest BCUT2D eigenvalue weighted by Crippen LogP contribution is 2.19. The summed E-state index contributed by atoms with van der Waals surface area (Å²) in [4.78, 5) is 25.0. The number of hydrogen-bond acceptors (Lipinski definition) is 4. The van der Waals surface area contributed by atoms with Crippen molar-refractivity contribution >= 4 is 11.8 Å². The second kappa shape index (κ2) is 4.90. The fraction of sp³-hybridized carbons (Fsp3) is 0.455. The van der Waals surface area contributed by atoms with Gasteiger partial charge in [0.25, 0.3) is 5.56 Å². The van der Waals surface area contributed by atoms with E-state index in [4.69, 9.17) is 9.47 Å². The van der Waals surface area contributed by atoms with E-state index in [0.29, 0.717) is 5.69 Å². The summed E-state index contributed by atoms with van der Waals surface area (Å²) in [5.74, 6) is 0.184. The van der Waals surface area contributed by atoms with Gasteiger partial charge in [-0.1, -0.05) is 0 Å². The molecule has 0 radical (unpaired) electrons. The van der Waals surface area contributed by atoms with Gasteiger partial charge in [-0.05, 0) is 26.8 Å². The van der Waals surface area contributed by atoms with E-state index in [9.17, 15) is 9.59 Å². The molecule has 1 heterocycles. The van der Waals surface area contributed by atoms with E-state index < -0.39 is 11.7 Å². The number of carbonyl (C=O) groups is 1. The summed E-state index contributed by atoms with van der Waals surface area (Å²) in [6.07, 6.45) is -0.608. The molecule has 0 aliphatic rings. The summed E-state index contributed by atoms with van der Waals surface area (Å²) in [5.41, 5.74) is -0.544. The molecule has 1 amide bonds. The molecular formula is C11H16N2O4. The van der Waals surface area contributed by atoms with Crippen molar-refractivity contribution in [2.45, 2.75) is 26.4 Å². The van der Waals surface area contributed by atoms with Crippen LogP contribution in [0.2, 0.25) is 0 Å². The van der Waals surface area contributed by atoms with Crippen molar-refractivity contribution in [1.29, 1.82) is 0 Å². The Bertz CT molecular complexity index is 459. The average molecular weight is 240 g/mol. The van der Waals surface area contributed by atoms with E-state index in [2.05, 4.69) is 10.3 Å². The first-order chi connectivity index (χ1) is 7.81. The molecule has 1 aromatic rings. The van der Waals surface area contributed by atoms with Crippen LogP contribution in [-0.4, -0.2) is 23.8 Å². The maximum atomic E-state index is 11.5. The molecule has 0 spiro atoms. The van der Waals surface area contributed by atoms with Gasteiger partial charge in [0.15, 0.2) is 0 Å². The van der Waals surface area contributed by atoms with E-state index in [0.717, 1.165) is 0 Å². The normalized spacial score (nSPS) is 10.8. The number of methoxy groups -OCH3 is 1. The van der Waals surface area contributed by atoms with Crippen LogP contribution in [0.1, 0.15) is 20.8 Å². The number of anilines is 1. The number of pyridine rings is 1. The Kier molecular flexibility index (Phi) is 3.77. The second-order valence-corrected chi connectivity index (χ2v) is 4.40. The SMILES string of the molecule is COc1[nH]c(=O)ccc1NC(=O)OC(C)(C)C. The third kappa shape index (κ3) is 4.18. The Morgan fingerprint density at radius 1 is 1.35 bits per heavy atom. The largest absolute Gasteiger partial charge is 0.481 e. The number of hydrogen-bond donors (Lipinski definition) is 2. The molecule has 17 heavy (non-hydrogen) atoms. The molecule has 0 aliphatic heterocycles. The molecule has 2 N–H and O–H groups in total. The first-order valence-corrected chi connectivity index (χ1v) is 5.09. The van der Waals surface area contributed by atoms with Gasteiger partial charge in [-0.15, -0.1) is 0 Å². The van der Waals surface area contributed by atoms with Gasteiger partial charge in [-0.2, -0.15) is 0 Å². The predicted octanol–water partition coefficient (Wildman–Crippen LogP) is 1.73. The summed E-state index contributed by atoms with van der Waals surface area (Å²) >= 11 is 0. The fourth-order valence-electron chi connectivity index (χ4n) is 1.13. The van der Waals surface area contributed by atoms with Gasteiger partial charge in [0.05, 0.1) is 7.11 Å². The molecule has 0 bridgehead atoms. The number of aromatic nitrogens is 1. The fourth-order valence-corrected chi connectivity index (χ4v) is 1.13. The third-order valence-corrected chi connectivity index (χ3v) is 1.72. The standard InChI is InChI=1S/C11H16N2O4/c1-11(2,3)17-10(15)12-7-5-6-8(14)13-9(7)16-4/h5-6H,1-4H3,(H,12,15)(H,13,14). The molecule has 6 heteroatoms. The molecule has 1 rings (SSSR count). The van der Waals surface area contributed by atoms with Crippen LogP contribution in [0.15, 0.2) is 16.9 Å². The highest BCUT2D eigenvalue weighted by atomic mass is 16.6. The molecule has 6 nitrogen and oxygen atoms in total. The van der Waals surface area contributed by atoms with Crippen LogP contribution in [-0.2, 0) is 4.74 Å². The lowest BCUT2D eigenvalue weighted by Crippen LogP contribution is -2.27. The Balaban J connectivity index is 2.81. The Morgan fingerprint density at radius 3 is 2.53 bits per heavy atom. The van der Waals surface area contributed by atoms with Crippen molar-refractivity contribution in [3.63, 3.8) is 0 Å². The van der Waals surface area contributed by atoms with Crippen molar-refractivity contribution in [3.05, 3.63) is 22.5 Å². The van der Waals surface area contributed by atoms with Gasteiger partial charge >= 0.3 is 6.09 Å². The highest BCUT2D eigenvalue weighted by molar-refractivity contribution is 5.86. The van der Waals surface area contributed by atoms with Gasteiger partial charge in [-0.25, -0.2) is 4.79 Å².